The van der Waals surface area contributed by atoms with Crippen molar-refractivity contribution in [2.24, 2.45) is 11.8 Å². The van der Waals surface area contributed by atoms with Crippen LogP contribution in [0.4, 0.5) is 26.3 Å². The topological polar surface area (TPSA) is 0 Å². The van der Waals surface area contributed by atoms with Crippen molar-refractivity contribution in [3.05, 3.63) is 34.9 Å². The lowest BCUT2D eigenvalue weighted by Crippen LogP contribution is -2.14. The number of hydrogen-bond donors (Lipinski definition) is 0. The zero-order valence-electron chi connectivity index (χ0n) is 12.9. The van der Waals surface area contributed by atoms with Crippen LogP contribution in [-0.2, 0) is 12.4 Å². The summed E-state index contributed by atoms with van der Waals surface area (Å²) in [4.78, 5) is 0. The predicted molar refractivity (Wildman–Crippen MR) is 73.5 cm³/mol. The van der Waals surface area contributed by atoms with Gasteiger partial charge < -0.3 is 0 Å². The van der Waals surface area contributed by atoms with Crippen LogP contribution in [0, 0.1) is 11.8 Å². The van der Waals surface area contributed by atoms with Gasteiger partial charge in [-0.25, -0.2) is 0 Å². The standard InChI is InChI=1S/C16H20F6/c1-9(2)10(3)5-11(4)12-6-13(15(17,18)19)8-14(7-12)16(20,21)22/h6-11H,5H2,1-4H3/t10?,11-/m0/s1. The van der Waals surface area contributed by atoms with E-state index in [4.69, 9.17) is 0 Å². The number of benzene rings is 1. The van der Waals surface area contributed by atoms with Crippen LogP contribution >= 0.6 is 0 Å². The summed E-state index contributed by atoms with van der Waals surface area (Å²) in [5, 5.41) is 0. The van der Waals surface area contributed by atoms with Crippen LogP contribution < -0.4 is 0 Å². The maximum Gasteiger partial charge on any atom is 0.416 e. The molecule has 0 heterocycles. The second kappa shape index (κ2) is 6.50. The Morgan fingerprint density at radius 3 is 1.50 bits per heavy atom. The van der Waals surface area contributed by atoms with Crippen molar-refractivity contribution in [2.45, 2.75) is 52.4 Å². The van der Waals surface area contributed by atoms with E-state index < -0.39 is 23.5 Å². The van der Waals surface area contributed by atoms with Crippen LogP contribution in [-0.4, -0.2) is 0 Å². The van der Waals surface area contributed by atoms with E-state index in [1.54, 1.807) is 6.92 Å². The number of alkyl halides is 6. The molecule has 2 atom stereocenters. The zero-order valence-corrected chi connectivity index (χ0v) is 12.9. The van der Waals surface area contributed by atoms with E-state index in [1.807, 2.05) is 20.8 Å². The largest absolute Gasteiger partial charge is 0.416 e. The molecule has 22 heavy (non-hydrogen) atoms. The van der Waals surface area contributed by atoms with Gasteiger partial charge in [0.2, 0.25) is 0 Å². The molecule has 0 spiro atoms. The first-order valence-corrected chi connectivity index (χ1v) is 7.11. The van der Waals surface area contributed by atoms with Crippen molar-refractivity contribution in [1.29, 1.82) is 0 Å². The molecule has 1 rings (SSSR count). The van der Waals surface area contributed by atoms with E-state index >= 15 is 0 Å². The van der Waals surface area contributed by atoms with Gasteiger partial charge >= 0.3 is 12.4 Å². The lowest BCUT2D eigenvalue weighted by atomic mass is 9.84. The molecule has 0 saturated heterocycles. The first-order valence-electron chi connectivity index (χ1n) is 7.11. The third-order valence-corrected chi connectivity index (χ3v) is 4.04. The van der Waals surface area contributed by atoms with E-state index in [0.29, 0.717) is 12.3 Å². The summed E-state index contributed by atoms with van der Waals surface area (Å²) in [7, 11) is 0. The van der Waals surface area contributed by atoms with Gasteiger partial charge in [-0.1, -0.05) is 27.7 Å². The highest BCUT2D eigenvalue weighted by Crippen LogP contribution is 2.38. The molecule has 126 valence electrons. The first-order chi connectivity index (χ1) is 9.82. The quantitative estimate of drug-likeness (QED) is 0.553. The van der Waals surface area contributed by atoms with Gasteiger partial charge in [0.15, 0.2) is 0 Å². The molecule has 0 bridgehead atoms. The lowest BCUT2D eigenvalue weighted by molar-refractivity contribution is -0.143. The van der Waals surface area contributed by atoms with Gasteiger partial charge in [-0.2, -0.15) is 26.3 Å². The molecule has 0 aliphatic heterocycles. The Morgan fingerprint density at radius 1 is 0.773 bits per heavy atom. The van der Waals surface area contributed by atoms with Gasteiger partial charge in [0.1, 0.15) is 0 Å². The summed E-state index contributed by atoms with van der Waals surface area (Å²) in [6.07, 6.45) is -9.05. The summed E-state index contributed by atoms with van der Waals surface area (Å²) in [6.45, 7) is 7.56. The van der Waals surface area contributed by atoms with Gasteiger partial charge in [0.05, 0.1) is 11.1 Å². The Labute approximate surface area is 126 Å². The van der Waals surface area contributed by atoms with Crippen molar-refractivity contribution in [3.63, 3.8) is 0 Å². The minimum atomic E-state index is -4.79. The minimum Gasteiger partial charge on any atom is -0.166 e. The van der Waals surface area contributed by atoms with E-state index in [9.17, 15) is 26.3 Å². The van der Waals surface area contributed by atoms with Crippen molar-refractivity contribution in [2.75, 3.05) is 0 Å². The van der Waals surface area contributed by atoms with E-state index in [-0.39, 0.29) is 23.5 Å². The molecule has 1 aromatic carbocycles. The molecule has 0 amide bonds. The highest BCUT2D eigenvalue weighted by molar-refractivity contribution is 5.35. The maximum absolute atomic E-state index is 12.8. The number of halogens is 6. The highest BCUT2D eigenvalue weighted by atomic mass is 19.4. The molecule has 1 aromatic rings. The molecule has 6 heteroatoms. The van der Waals surface area contributed by atoms with Gasteiger partial charge in [0.25, 0.3) is 0 Å². The smallest absolute Gasteiger partial charge is 0.166 e. The first kappa shape index (κ1) is 18.8. The molecule has 0 fully saturated rings. The lowest BCUT2D eigenvalue weighted by Gasteiger charge is -2.22. The van der Waals surface area contributed by atoms with Crippen molar-refractivity contribution < 1.29 is 26.3 Å². The summed E-state index contributed by atoms with van der Waals surface area (Å²) in [6, 6.07) is 1.82. The van der Waals surface area contributed by atoms with Gasteiger partial charge in [-0.15, -0.1) is 0 Å². The van der Waals surface area contributed by atoms with Crippen LogP contribution in [0.5, 0.6) is 0 Å². The van der Waals surface area contributed by atoms with Gasteiger partial charge in [-0.3, -0.25) is 0 Å². The normalized spacial score (nSPS) is 16.0. The Kier molecular flexibility index (Phi) is 5.57. The summed E-state index contributed by atoms with van der Waals surface area (Å²) >= 11 is 0. The molecule has 0 saturated carbocycles. The Bertz CT molecular complexity index is 466. The summed E-state index contributed by atoms with van der Waals surface area (Å²) < 4.78 is 76.9. The fourth-order valence-electron chi connectivity index (χ4n) is 2.23. The molecule has 0 radical (unpaired) electrons. The van der Waals surface area contributed by atoms with E-state index in [1.165, 1.54) is 0 Å². The second-order valence-electron chi connectivity index (χ2n) is 6.20. The van der Waals surface area contributed by atoms with Crippen molar-refractivity contribution in [1.82, 2.24) is 0 Å². The third-order valence-electron chi connectivity index (χ3n) is 4.04. The third kappa shape index (κ3) is 4.92. The monoisotopic (exact) mass is 326 g/mol. The Hall–Kier alpha value is -1.20. The van der Waals surface area contributed by atoms with Crippen LogP contribution in [0.25, 0.3) is 0 Å². The maximum atomic E-state index is 12.8. The Balaban J connectivity index is 3.24. The zero-order chi connectivity index (χ0) is 17.3. The van der Waals surface area contributed by atoms with Crippen molar-refractivity contribution in [3.8, 4) is 0 Å². The molecule has 0 aliphatic carbocycles. The van der Waals surface area contributed by atoms with E-state index in [0.717, 1.165) is 12.1 Å². The molecule has 0 aromatic heterocycles. The van der Waals surface area contributed by atoms with Crippen LogP contribution in [0.15, 0.2) is 18.2 Å². The van der Waals surface area contributed by atoms with Crippen LogP contribution in [0.2, 0.25) is 0 Å². The summed E-state index contributed by atoms with van der Waals surface area (Å²) in [5.74, 6) is 0.148. The number of rotatable bonds is 4. The molecule has 0 aliphatic rings. The van der Waals surface area contributed by atoms with E-state index in [2.05, 4.69) is 0 Å². The Morgan fingerprint density at radius 2 is 1.18 bits per heavy atom. The summed E-state index contributed by atoms with van der Waals surface area (Å²) in [5.41, 5.74) is -2.42. The molecular formula is C16H20F6. The SMILES string of the molecule is CC(C)C(C)C[C@H](C)c1cc(C(F)(F)F)cc(C(F)(F)F)c1. The molecule has 1 unspecified atom stereocenters. The van der Waals surface area contributed by atoms with Crippen molar-refractivity contribution >= 4 is 0 Å². The molecule has 0 N–H and O–H groups in total. The van der Waals surface area contributed by atoms with Crippen LogP contribution in [0.1, 0.15) is 56.7 Å². The molecular weight excluding hydrogens is 306 g/mol. The fourth-order valence-corrected chi connectivity index (χ4v) is 2.23. The molecule has 0 nitrogen and oxygen atoms in total. The van der Waals surface area contributed by atoms with Gasteiger partial charge in [0, 0.05) is 0 Å². The highest BCUT2D eigenvalue weighted by Gasteiger charge is 2.37. The predicted octanol–water partition coefficient (Wildman–Crippen LogP) is 6.51. The minimum absolute atomic E-state index is 0.0784. The fraction of sp³-hybridized carbons (Fsp3) is 0.625. The number of hydrogen-bond acceptors (Lipinski definition) is 0. The van der Waals surface area contributed by atoms with Crippen LogP contribution in [0.3, 0.4) is 0 Å². The average molecular weight is 326 g/mol. The average Bonchev–Trinajstić information content (AvgIpc) is 2.35. The van der Waals surface area contributed by atoms with Gasteiger partial charge in [-0.05, 0) is 47.9 Å². The second-order valence-corrected chi connectivity index (χ2v) is 6.20.